The van der Waals surface area contributed by atoms with Crippen molar-refractivity contribution in [3.8, 4) is 5.75 Å². The number of nitrogens with zero attached hydrogens (tertiary/aromatic N) is 1. The van der Waals surface area contributed by atoms with Gasteiger partial charge in [0.1, 0.15) is 11.6 Å². The number of ketones is 1. The van der Waals surface area contributed by atoms with E-state index >= 15 is 0 Å². The first kappa shape index (κ1) is 16.3. The molecule has 1 aromatic rings. The van der Waals surface area contributed by atoms with Gasteiger partial charge in [0, 0.05) is 18.0 Å². The minimum absolute atomic E-state index is 0.0858. The average Bonchev–Trinajstić information content (AvgIpc) is 2.46. The first-order valence-corrected chi connectivity index (χ1v) is 7.54. The molecule has 0 spiro atoms. The topological polar surface area (TPSA) is 38.8 Å². The Morgan fingerprint density at radius 1 is 1.30 bits per heavy atom. The molecule has 0 saturated carbocycles. The second kappa shape index (κ2) is 6.49. The number of likely N-dealkylation sites (N-methyl/N-ethyl adjacent to an activating group) is 1. The van der Waals surface area contributed by atoms with Crippen molar-refractivity contribution in [2.24, 2.45) is 5.92 Å². The fraction of sp³-hybridized carbons (Fsp3) is 0.562. The van der Waals surface area contributed by atoms with Crippen molar-refractivity contribution in [2.75, 3.05) is 20.3 Å². The Morgan fingerprint density at radius 3 is 2.57 bits per heavy atom. The zero-order chi connectivity index (χ0) is 16.6. The minimum Gasteiger partial charge on any atom is -0.434 e. The SMILES string of the molecule is CN1C2COCC1CC(C(=O)c1c(F)cccc1OC(F)F)C2. The Balaban J connectivity index is 1.86. The van der Waals surface area contributed by atoms with Crippen LogP contribution in [0.1, 0.15) is 23.2 Å². The predicted molar refractivity (Wildman–Crippen MR) is 76.2 cm³/mol. The fourth-order valence-corrected chi connectivity index (χ4v) is 3.45. The predicted octanol–water partition coefficient (Wildman–Crippen LogP) is 2.72. The molecule has 1 aromatic carbocycles. The van der Waals surface area contributed by atoms with Crippen molar-refractivity contribution in [1.29, 1.82) is 0 Å². The van der Waals surface area contributed by atoms with E-state index in [2.05, 4.69) is 9.64 Å². The van der Waals surface area contributed by atoms with Crippen LogP contribution in [-0.2, 0) is 4.74 Å². The number of morpholine rings is 1. The van der Waals surface area contributed by atoms with Crippen molar-refractivity contribution in [3.63, 3.8) is 0 Å². The molecule has 2 saturated heterocycles. The Hall–Kier alpha value is -1.60. The van der Waals surface area contributed by atoms with Crippen LogP contribution in [-0.4, -0.2) is 49.6 Å². The van der Waals surface area contributed by atoms with Gasteiger partial charge in [-0.25, -0.2) is 4.39 Å². The highest BCUT2D eigenvalue weighted by molar-refractivity contribution is 6.00. The first-order chi connectivity index (χ1) is 11.0. The molecule has 2 atom stereocenters. The zero-order valence-electron chi connectivity index (χ0n) is 12.7. The van der Waals surface area contributed by atoms with Gasteiger partial charge in [-0.05, 0) is 32.0 Å². The van der Waals surface area contributed by atoms with Crippen LogP contribution in [0.4, 0.5) is 13.2 Å². The first-order valence-electron chi connectivity index (χ1n) is 7.54. The van der Waals surface area contributed by atoms with E-state index in [1.54, 1.807) is 0 Å². The number of benzene rings is 1. The smallest absolute Gasteiger partial charge is 0.387 e. The number of Topliss-reactive ketones (excluding diaryl/α,β-unsaturated/α-hetero) is 1. The van der Waals surface area contributed by atoms with Crippen LogP contribution in [0.2, 0.25) is 0 Å². The van der Waals surface area contributed by atoms with Crippen molar-refractivity contribution in [1.82, 2.24) is 4.90 Å². The Bertz CT molecular complexity index is 582. The number of hydrogen-bond donors (Lipinski definition) is 0. The van der Waals surface area contributed by atoms with E-state index in [4.69, 9.17) is 4.74 Å². The maximum atomic E-state index is 14.1. The van der Waals surface area contributed by atoms with Crippen molar-refractivity contribution in [2.45, 2.75) is 31.5 Å². The Morgan fingerprint density at radius 2 is 1.96 bits per heavy atom. The number of ether oxygens (including phenoxy) is 2. The van der Waals surface area contributed by atoms with Crippen LogP contribution < -0.4 is 4.74 Å². The van der Waals surface area contributed by atoms with E-state index in [9.17, 15) is 18.0 Å². The zero-order valence-corrected chi connectivity index (χ0v) is 12.7. The van der Waals surface area contributed by atoms with E-state index in [0.29, 0.717) is 26.1 Å². The lowest BCUT2D eigenvalue weighted by Gasteiger charge is -2.46. The van der Waals surface area contributed by atoms with Crippen LogP contribution in [0, 0.1) is 11.7 Å². The van der Waals surface area contributed by atoms with Gasteiger partial charge in [0.25, 0.3) is 0 Å². The summed E-state index contributed by atoms with van der Waals surface area (Å²) in [4.78, 5) is 14.9. The van der Waals surface area contributed by atoms with E-state index in [-0.39, 0.29) is 17.6 Å². The summed E-state index contributed by atoms with van der Waals surface area (Å²) >= 11 is 0. The lowest BCUT2D eigenvalue weighted by atomic mass is 9.80. The van der Waals surface area contributed by atoms with Gasteiger partial charge in [-0.15, -0.1) is 0 Å². The van der Waals surface area contributed by atoms with Crippen LogP contribution in [0.3, 0.4) is 0 Å². The Kier molecular flexibility index (Phi) is 4.59. The third-order valence-corrected chi connectivity index (χ3v) is 4.69. The standard InChI is InChI=1S/C16H18F3NO3/c1-20-10-5-9(6-11(20)8-22-7-10)15(21)14-12(17)3-2-4-13(14)23-16(18)19/h2-4,9-11,16H,5-8H2,1H3. The van der Waals surface area contributed by atoms with Crippen LogP contribution in [0.15, 0.2) is 18.2 Å². The molecule has 126 valence electrons. The number of halogens is 3. The Labute approximate surface area is 132 Å². The number of fused-ring (bicyclic) bond motifs is 2. The molecule has 2 bridgehead atoms. The highest BCUT2D eigenvalue weighted by Crippen LogP contribution is 2.35. The van der Waals surface area contributed by atoms with Crippen molar-refractivity contribution >= 4 is 5.78 Å². The summed E-state index contributed by atoms with van der Waals surface area (Å²) in [6.07, 6.45) is 1.04. The lowest BCUT2D eigenvalue weighted by molar-refractivity contribution is -0.0705. The molecular weight excluding hydrogens is 311 g/mol. The van der Waals surface area contributed by atoms with E-state index in [1.807, 2.05) is 7.05 Å². The maximum absolute atomic E-state index is 14.1. The van der Waals surface area contributed by atoms with Gasteiger partial charge in [0.05, 0.1) is 18.8 Å². The van der Waals surface area contributed by atoms with Gasteiger partial charge >= 0.3 is 6.61 Å². The molecule has 0 aromatic heterocycles. The highest BCUT2D eigenvalue weighted by atomic mass is 19.3. The van der Waals surface area contributed by atoms with E-state index in [1.165, 1.54) is 12.1 Å². The largest absolute Gasteiger partial charge is 0.434 e. The van der Waals surface area contributed by atoms with Crippen LogP contribution in [0.25, 0.3) is 0 Å². The third-order valence-electron chi connectivity index (χ3n) is 4.69. The average molecular weight is 329 g/mol. The number of piperidine rings is 1. The molecule has 2 unspecified atom stereocenters. The number of hydrogen-bond acceptors (Lipinski definition) is 4. The molecule has 0 aliphatic carbocycles. The summed E-state index contributed by atoms with van der Waals surface area (Å²) in [5.41, 5.74) is -0.374. The maximum Gasteiger partial charge on any atom is 0.387 e. The molecule has 3 rings (SSSR count). The molecule has 2 aliphatic rings. The fourth-order valence-electron chi connectivity index (χ4n) is 3.45. The number of carbonyl (C=O) groups is 1. The van der Waals surface area contributed by atoms with Crippen molar-refractivity contribution in [3.05, 3.63) is 29.6 Å². The molecule has 0 radical (unpaired) electrons. The van der Waals surface area contributed by atoms with Gasteiger partial charge in [0.15, 0.2) is 5.78 Å². The molecule has 4 nitrogen and oxygen atoms in total. The molecule has 2 aliphatic heterocycles. The number of carbonyl (C=O) groups excluding carboxylic acids is 1. The second-order valence-corrected chi connectivity index (χ2v) is 6.03. The van der Waals surface area contributed by atoms with Crippen LogP contribution >= 0.6 is 0 Å². The van der Waals surface area contributed by atoms with Gasteiger partial charge in [0.2, 0.25) is 0 Å². The number of rotatable bonds is 4. The summed E-state index contributed by atoms with van der Waals surface area (Å²) in [7, 11) is 1.98. The summed E-state index contributed by atoms with van der Waals surface area (Å²) < 4.78 is 48.9. The molecule has 23 heavy (non-hydrogen) atoms. The van der Waals surface area contributed by atoms with Gasteiger partial charge in [-0.3, -0.25) is 9.69 Å². The molecule has 0 amide bonds. The number of alkyl halides is 2. The summed E-state index contributed by atoms with van der Waals surface area (Å²) in [5, 5.41) is 0. The second-order valence-electron chi connectivity index (χ2n) is 6.03. The van der Waals surface area contributed by atoms with Gasteiger partial charge < -0.3 is 9.47 Å². The van der Waals surface area contributed by atoms with Gasteiger partial charge in [-0.1, -0.05) is 6.07 Å². The molecule has 7 heteroatoms. The summed E-state index contributed by atoms with van der Waals surface area (Å²) in [5.74, 6) is -2.11. The van der Waals surface area contributed by atoms with Crippen molar-refractivity contribution < 1.29 is 27.4 Å². The van der Waals surface area contributed by atoms with Gasteiger partial charge in [-0.2, -0.15) is 8.78 Å². The van der Waals surface area contributed by atoms with E-state index in [0.717, 1.165) is 6.07 Å². The monoisotopic (exact) mass is 329 g/mol. The minimum atomic E-state index is -3.10. The van der Waals surface area contributed by atoms with E-state index < -0.39 is 29.9 Å². The normalized spacial score (nSPS) is 28.0. The molecule has 2 fully saturated rings. The third kappa shape index (κ3) is 3.21. The molecule has 2 heterocycles. The molecular formula is C16H18F3NO3. The van der Waals surface area contributed by atoms with Crippen LogP contribution in [0.5, 0.6) is 5.75 Å². The summed E-state index contributed by atoms with van der Waals surface area (Å²) in [6.45, 7) is -2.06. The molecule has 0 N–H and O–H groups in total. The quantitative estimate of drug-likeness (QED) is 0.796. The lowest BCUT2D eigenvalue weighted by Crippen LogP contribution is -2.55. The highest BCUT2D eigenvalue weighted by Gasteiger charge is 2.40. The summed E-state index contributed by atoms with van der Waals surface area (Å²) in [6, 6.07) is 3.71.